The lowest BCUT2D eigenvalue weighted by Crippen LogP contribution is -2.27. The van der Waals surface area contributed by atoms with Crippen molar-refractivity contribution in [1.82, 2.24) is 0 Å². The number of rotatable bonds is 5. The normalized spacial score (nSPS) is 17.4. The Kier molecular flexibility index (Phi) is 4.97. The second-order valence-electron chi connectivity index (χ2n) is 6.28. The lowest BCUT2D eigenvalue weighted by Gasteiger charge is -2.14. The minimum absolute atomic E-state index is 0.0614. The molecule has 1 atom stereocenters. The van der Waals surface area contributed by atoms with Crippen LogP contribution in [-0.2, 0) is 20.3 Å². The van der Waals surface area contributed by atoms with E-state index in [1.807, 2.05) is 0 Å². The minimum atomic E-state index is -3.12. The van der Waals surface area contributed by atoms with Crippen molar-refractivity contribution < 1.29 is 22.3 Å². The van der Waals surface area contributed by atoms with E-state index in [9.17, 15) is 17.6 Å². The summed E-state index contributed by atoms with van der Waals surface area (Å²) in [6.45, 7) is 0.497. The van der Waals surface area contributed by atoms with Gasteiger partial charge in [0.2, 0.25) is 0 Å². The van der Waals surface area contributed by atoms with Gasteiger partial charge >= 0.3 is 6.09 Å². The Morgan fingerprint density at radius 3 is 2.46 bits per heavy atom. The van der Waals surface area contributed by atoms with Gasteiger partial charge in [-0.05, 0) is 29.3 Å². The summed E-state index contributed by atoms with van der Waals surface area (Å²) in [5.74, 6) is -0.545. The number of hydrogen-bond acceptors (Lipinski definition) is 5. The van der Waals surface area contributed by atoms with Gasteiger partial charge < -0.3 is 10.5 Å². The van der Waals surface area contributed by atoms with Crippen molar-refractivity contribution in [2.45, 2.75) is 11.9 Å². The maximum Gasteiger partial charge on any atom is 0.414 e. The average Bonchev–Trinajstić information content (AvgIpc) is 2.95. The molecule has 138 valence electrons. The molecule has 0 spiro atoms. The minimum Gasteiger partial charge on any atom is -0.443 e. The first-order valence-corrected chi connectivity index (χ1v) is 10.1. The van der Waals surface area contributed by atoms with Gasteiger partial charge in [0, 0.05) is 18.4 Å². The van der Waals surface area contributed by atoms with Crippen LogP contribution in [0.5, 0.6) is 0 Å². The topological polar surface area (TPSA) is 89.7 Å². The first-order valence-electron chi connectivity index (χ1n) is 8.01. The van der Waals surface area contributed by atoms with E-state index in [-0.39, 0.29) is 18.8 Å². The van der Waals surface area contributed by atoms with Crippen molar-refractivity contribution >= 4 is 21.6 Å². The molecule has 1 saturated heterocycles. The Balaban J connectivity index is 1.83. The molecule has 0 unspecified atom stereocenters. The van der Waals surface area contributed by atoms with Gasteiger partial charge in [-0.3, -0.25) is 4.90 Å². The first kappa shape index (κ1) is 18.3. The van der Waals surface area contributed by atoms with Gasteiger partial charge in [-0.1, -0.05) is 24.3 Å². The zero-order valence-electron chi connectivity index (χ0n) is 14.2. The van der Waals surface area contributed by atoms with E-state index < -0.39 is 27.9 Å². The van der Waals surface area contributed by atoms with Crippen molar-refractivity contribution in [3.05, 3.63) is 53.8 Å². The van der Waals surface area contributed by atoms with Gasteiger partial charge in [-0.25, -0.2) is 17.6 Å². The van der Waals surface area contributed by atoms with Crippen LogP contribution >= 0.6 is 0 Å². The molecule has 0 saturated carbocycles. The second kappa shape index (κ2) is 7.05. The van der Waals surface area contributed by atoms with Crippen LogP contribution in [0.15, 0.2) is 42.5 Å². The van der Waals surface area contributed by atoms with Crippen LogP contribution in [0.1, 0.15) is 5.56 Å². The standard InChI is InChI=1S/C18H19FN2O4S/c1-26(23,24)11-12-2-4-13(5-3-12)16-7-6-14(8-17(16)19)21-10-15(9-20)25-18(21)22/h2-8,15H,9-11,20H2,1H3/t15-/m0/s1. The predicted octanol–water partition coefficient (Wildman–Crippen LogP) is 2.32. The third-order valence-electron chi connectivity index (χ3n) is 4.10. The van der Waals surface area contributed by atoms with Crippen LogP contribution < -0.4 is 10.6 Å². The second-order valence-corrected chi connectivity index (χ2v) is 8.42. The van der Waals surface area contributed by atoms with Crippen molar-refractivity contribution in [2.75, 3.05) is 24.2 Å². The summed E-state index contributed by atoms with van der Waals surface area (Å²) in [5.41, 5.74) is 7.53. The van der Waals surface area contributed by atoms with Gasteiger partial charge in [0.05, 0.1) is 18.0 Å². The molecule has 2 aromatic rings. The van der Waals surface area contributed by atoms with Gasteiger partial charge in [-0.15, -0.1) is 0 Å². The Labute approximate surface area is 151 Å². The largest absolute Gasteiger partial charge is 0.443 e. The molecule has 2 aromatic carbocycles. The molecule has 0 radical (unpaired) electrons. The highest BCUT2D eigenvalue weighted by atomic mass is 32.2. The van der Waals surface area contributed by atoms with E-state index in [0.717, 1.165) is 6.26 Å². The zero-order valence-corrected chi connectivity index (χ0v) is 15.0. The number of hydrogen-bond donors (Lipinski definition) is 1. The summed E-state index contributed by atoms with van der Waals surface area (Å²) < 4.78 is 42.3. The molecule has 0 aromatic heterocycles. The molecule has 3 rings (SSSR count). The number of benzene rings is 2. The number of ether oxygens (including phenoxy) is 1. The van der Waals surface area contributed by atoms with Crippen LogP contribution in [0.3, 0.4) is 0 Å². The highest BCUT2D eigenvalue weighted by Crippen LogP contribution is 2.29. The SMILES string of the molecule is CS(=O)(=O)Cc1ccc(-c2ccc(N3C[C@H](CN)OC3=O)cc2F)cc1. The number of carbonyl (C=O) groups is 1. The van der Waals surface area contributed by atoms with E-state index in [4.69, 9.17) is 10.5 Å². The van der Waals surface area contributed by atoms with Crippen molar-refractivity contribution in [3.63, 3.8) is 0 Å². The maximum absolute atomic E-state index is 14.6. The smallest absolute Gasteiger partial charge is 0.414 e. The van der Waals surface area contributed by atoms with Gasteiger partial charge in [0.15, 0.2) is 9.84 Å². The van der Waals surface area contributed by atoms with Gasteiger partial charge in [-0.2, -0.15) is 0 Å². The zero-order chi connectivity index (χ0) is 18.9. The van der Waals surface area contributed by atoms with Crippen LogP contribution in [0, 0.1) is 5.82 Å². The van der Waals surface area contributed by atoms with Crippen molar-refractivity contribution in [2.24, 2.45) is 5.73 Å². The Morgan fingerprint density at radius 1 is 1.23 bits per heavy atom. The number of sulfone groups is 1. The molecule has 0 bridgehead atoms. The van der Waals surface area contributed by atoms with Crippen LogP contribution in [0.25, 0.3) is 11.1 Å². The van der Waals surface area contributed by atoms with Crippen molar-refractivity contribution in [1.29, 1.82) is 0 Å². The van der Waals surface area contributed by atoms with E-state index in [1.54, 1.807) is 36.4 Å². The fourth-order valence-electron chi connectivity index (χ4n) is 2.84. The van der Waals surface area contributed by atoms with Crippen LogP contribution in [0.2, 0.25) is 0 Å². The van der Waals surface area contributed by atoms with E-state index in [0.29, 0.717) is 22.4 Å². The number of anilines is 1. The quantitative estimate of drug-likeness (QED) is 0.862. The summed E-state index contributed by atoms with van der Waals surface area (Å²) >= 11 is 0. The summed E-state index contributed by atoms with van der Waals surface area (Å²) in [5, 5.41) is 0. The third kappa shape index (κ3) is 4.03. The molecular formula is C18H19FN2O4S. The molecule has 8 heteroatoms. The van der Waals surface area contributed by atoms with Gasteiger partial charge in [0.25, 0.3) is 0 Å². The molecular weight excluding hydrogens is 359 g/mol. The number of halogens is 1. The number of nitrogens with zero attached hydrogens (tertiary/aromatic N) is 1. The molecule has 1 aliphatic heterocycles. The van der Waals surface area contributed by atoms with Gasteiger partial charge in [0.1, 0.15) is 11.9 Å². The Morgan fingerprint density at radius 2 is 1.92 bits per heavy atom. The number of nitrogens with two attached hydrogens (primary N) is 1. The summed E-state index contributed by atoms with van der Waals surface area (Å²) in [7, 11) is -3.12. The lowest BCUT2D eigenvalue weighted by molar-refractivity contribution is 0.145. The number of carbonyl (C=O) groups excluding carboxylic acids is 1. The molecule has 26 heavy (non-hydrogen) atoms. The summed E-state index contributed by atoms with van der Waals surface area (Å²) in [4.78, 5) is 13.2. The van der Waals surface area contributed by atoms with Crippen LogP contribution in [0.4, 0.5) is 14.9 Å². The van der Waals surface area contributed by atoms with E-state index in [1.165, 1.54) is 11.0 Å². The molecule has 0 aliphatic carbocycles. The third-order valence-corrected chi connectivity index (χ3v) is 4.95. The monoisotopic (exact) mass is 378 g/mol. The highest BCUT2D eigenvalue weighted by Gasteiger charge is 2.31. The maximum atomic E-state index is 14.6. The molecule has 1 heterocycles. The number of amides is 1. The lowest BCUT2D eigenvalue weighted by atomic mass is 10.0. The fourth-order valence-corrected chi connectivity index (χ4v) is 3.64. The number of cyclic esters (lactones) is 1. The first-order chi connectivity index (χ1) is 12.3. The van der Waals surface area contributed by atoms with E-state index >= 15 is 0 Å². The summed E-state index contributed by atoms with van der Waals surface area (Å²) in [6.07, 6.45) is 0.225. The molecule has 1 amide bonds. The molecule has 1 fully saturated rings. The summed E-state index contributed by atoms with van der Waals surface area (Å²) in [6, 6.07) is 11.2. The highest BCUT2D eigenvalue weighted by molar-refractivity contribution is 7.89. The van der Waals surface area contributed by atoms with Crippen molar-refractivity contribution in [3.8, 4) is 11.1 Å². The Hall–Kier alpha value is -2.45. The Bertz CT molecular complexity index is 929. The fraction of sp³-hybridized carbons (Fsp3) is 0.278. The predicted molar refractivity (Wildman–Crippen MR) is 97.1 cm³/mol. The molecule has 6 nitrogen and oxygen atoms in total. The molecule has 2 N–H and O–H groups in total. The van der Waals surface area contributed by atoms with E-state index in [2.05, 4.69) is 0 Å². The van der Waals surface area contributed by atoms with Crippen LogP contribution in [-0.4, -0.2) is 40.0 Å². The molecule has 1 aliphatic rings. The average molecular weight is 378 g/mol.